The van der Waals surface area contributed by atoms with Gasteiger partial charge < -0.3 is 19.8 Å². The SMILES string of the molecule is CCOC(=O)C1CC(n2cc(-c3cccc(OCc4ccccc4)c3)c3c(N)ncnc32)C1. The number of nitrogens with zero attached hydrogens (tertiary/aromatic N) is 3. The van der Waals surface area contributed by atoms with Crippen LogP contribution in [-0.4, -0.2) is 27.1 Å². The maximum Gasteiger partial charge on any atom is 0.309 e. The zero-order chi connectivity index (χ0) is 22.8. The molecule has 0 spiro atoms. The van der Waals surface area contributed by atoms with Crippen molar-refractivity contribution in [3.8, 4) is 16.9 Å². The number of ether oxygens (including phenoxy) is 2. The molecular formula is C26H26N4O3. The van der Waals surface area contributed by atoms with Gasteiger partial charge in [-0.15, -0.1) is 0 Å². The van der Waals surface area contributed by atoms with E-state index in [1.807, 2.05) is 61.5 Å². The molecule has 2 heterocycles. The van der Waals surface area contributed by atoms with Gasteiger partial charge in [0, 0.05) is 17.8 Å². The van der Waals surface area contributed by atoms with Gasteiger partial charge in [-0.25, -0.2) is 9.97 Å². The summed E-state index contributed by atoms with van der Waals surface area (Å²) in [7, 11) is 0. The summed E-state index contributed by atoms with van der Waals surface area (Å²) in [4.78, 5) is 20.8. The summed E-state index contributed by atoms with van der Waals surface area (Å²) >= 11 is 0. The Morgan fingerprint density at radius 3 is 2.73 bits per heavy atom. The third-order valence-corrected chi connectivity index (χ3v) is 6.16. The topological polar surface area (TPSA) is 92.3 Å². The normalized spacial score (nSPS) is 17.5. The molecule has 33 heavy (non-hydrogen) atoms. The Kier molecular flexibility index (Phi) is 5.69. The van der Waals surface area contributed by atoms with Crippen molar-refractivity contribution in [2.75, 3.05) is 12.3 Å². The van der Waals surface area contributed by atoms with Crippen molar-refractivity contribution in [3.63, 3.8) is 0 Å². The molecule has 0 saturated heterocycles. The smallest absolute Gasteiger partial charge is 0.309 e. The molecule has 0 radical (unpaired) electrons. The molecule has 1 aliphatic rings. The van der Waals surface area contributed by atoms with Gasteiger partial charge in [0.15, 0.2) is 0 Å². The van der Waals surface area contributed by atoms with Crippen LogP contribution in [-0.2, 0) is 16.1 Å². The monoisotopic (exact) mass is 442 g/mol. The van der Waals surface area contributed by atoms with Crippen molar-refractivity contribution in [3.05, 3.63) is 72.7 Å². The van der Waals surface area contributed by atoms with Crippen LogP contribution in [0.15, 0.2) is 67.1 Å². The highest BCUT2D eigenvalue weighted by atomic mass is 16.5. The average Bonchev–Trinajstić information content (AvgIpc) is 3.19. The van der Waals surface area contributed by atoms with Crippen molar-refractivity contribution in [2.24, 2.45) is 5.92 Å². The molecule has 4 aromatic rings. The first-order valence-corrected chi connectivity index (χ1v) is 11.2. The summed E-state index contributed by atoms with van der Waals surface area (Å²) in [6, 6.07) is 18.2. The van der Waals surface area contributed by atoms with E-state index in [-0.39, 0.29) is 17.9 Å². The molecule has 168 valence electrons. The highest BCUT2D eigenvalue weighted by Crippen LogP contribution is 2.43. The van der Waals surface area contributed by atoms with Crippen LogP contribution in [0.3, 0.4) is 0 Å². The van der Waals surface area contributed by atoms with Crippen molar-refractivity contribution < 1.29 is 14.3 Å². The van der Waals surface area contributed by atoms with Crippen LogP contribution in [0.2, 0.25) is 0 Å². The maximum absolute atomic E-state index is 12.1. The maximum atomic E-state index is 12.1. The van der Waals surface area contributed by atoms with Gasteiger partial charge in [-0.2, -0.15) is 0 Å². The molecule has 2 aromatic carbocycles. The minimum absolute atomic E-state index is 0.0650. The van der Waals surface area contributed by atoms with Gasteiger partial charge in [-0.3, -0.25) is 4.79 Å². The highest BCUT2D eigenvalue weighted by Gasteiger charge is 2.37. The van der Waals surface area contributed by atoms with E-state index in [1.54, 1.807) is 0 Å². The lowest BCUT2D eigenvalue weighted by Gasteiger charge is -2.34. The van der Waals surface area contributed by atoms with Gasteiger partial charge in [0.1, 0.15) is 30.1 Å². The number of carbonyl (C=O) groups excluding carboxylic acids is 1. The van der Waals surface area contributed by atoms with Crippen molar-refractivity contribution in [1.29, 1.82) is 0 Å². The fraction of sp³-hybridized carbons (Fsp3) is 0.269. The second-order valence-electron chi connectivity index (χ2n) is 8.28. The first kappa shape index (κ1) is 21.0. The van der Waals surface area contributed by atoms with Gasteiger partial charge in [0.05, 0.1) is 17.9 Å². The molecule has 2 aromatic heterocycles. The first-order valence-electron chi connectivity index (χ1n) is 11.2. The number of hydrogen-bond acceptors (Lipinski definition) is 6. The largest absolute Gasteiger partial charge is 0.489 e. The summed E-state index contributed by atoms with van der Waals surface area (Å²) in [5.74, 6) is 1.02. The molecule has 0 atom stereocenters. The number of benzene rings is 2. The molecule has 1 fully saturated rings. The molecule has 1 aliphatic carbocycles. The quantitative estimate of drug-likeness (QED) is 0.414. The molecule has 0 bridgehead atoms. The summed E-state index contributed by atoms with van der Waals surface area (Å²) < 4.78 is 13.3. The lowest BCUT2D eigenvalue weighted by Crippen LogP contribution is -2.33. The van der Waals surface area contributed by atoms with Crippen LogP contribution >= 0.6 is 0 Å². The summed E-state index contributed by atoms with van der Waals surface area (Å²) in [6.45, 7) is 2.73. The molecule has 0 amide bonds. The Bertz CT molecular complexity index is 1280. The highest BCUT2D eigenvalue weighted by molar-refractivity contribution is 6.00. The minimum atomic E-state index is -0.122. The zero-order valence-electron chi connectivity index (χ0n) is 18.5. The molecule has 2 N–H and O–H groups in total. The second-order valence-corrected chi connectivity index (χ2v) is 8.28. The predicted molar refractivity (Wildman–Crippen MR) is 127 cm³/mol. The Morgan fingerprint density at radius 2 is 1.94 bits per heavy atom. The third kappa shape index (κ3) is 4.14. The molecule has 1 saturated carbocycles. The average molecular weight is 443 g/mol. The fourth-order valence-electron chi connectivity index (χ4n) is 4.37. The number of nitrogen functional groups attached to an aromatic ring is 1. The second kappa shape index (κ2) is 8.94. The van der Waals surface area contributed by atoms with Crippen LogP contribution in [0, 0.1) is 5.92 Å². The minimum Gasteiger partial charge on any atom is -0.489 e. The molecular weight excluding hydrogens is 416 g/mol. The summed E-state index contributed by atoms with van der Waals surface area (Å²) in [5.41, 5.74) is 10.1. The van der Waals surface area contributed by atoms with Gasteiger partial charge >= 0.3 is 5.97 Å². The number of fused-ring (bicyclic) bond motifs is 1. The lowest BCUT2D eigenvalue weighted by molar-refractivity contribution is -0.152. The third-order valence-electron chi connectivity index (χ3n) is 6.16. The first-order chi connectivity index (χ1) is 16.1. The Balaban J connectivity index is 1.44. The van der Waals surface area contributed by atoms with Gasteiger partial charge in [0.25, 0.3) is 0 Å². The number of nitrogens with two attached hydrogens (primary N) is 1. The number of esters is 1. The van der Waals surface area contributed by atoms with E-state index in [0.29, 0.717) is 19.0 Å². The zero-order valence-corrected chi connectivity index (χ0v) is 18.5. The molecule has 5 rings (SSSR count). The molecule has 7 nitrogen and oxygen atoms in total. The number of aromatic nitrogens is 3. The predicted octanol–water partition coefficient (Wildman–Crippen LogP) is 4.77. The Hall–Kier alpha value is -3.87. The Morgan fingerprint density at radius 1 is 1.12 bits per heavy atom. The molecule has 0 aliphatic heterocycles. The van der Waals surface area contributed by atoms with E-state index in [0.717, 1.165) is 46.3 Å². The van der Waals surface area contributed by atoms with E-state index in [4.69, 9.17) is 15.2 Å². The standard InChI is InChI=1S/C26H26N4O3/c1-2-32-26(31)19-11-20(12-19)30-14-22(23-24(27)28-16-29-25(23)30)18-9-6-10-21(13-18)33-15-17-7-4-3-5-8-17/h3-10,13-14,16,19-20H,2,11-12,15H2,1H3,(H2,27,28,29). The molecule has 0 unspecified atom stereocenters. The number of rotatable bonds is 7. The summed E-state index contributed by atoms with van der Waals surface area (Å²) in [5, 5.41) is 0.817. The van der Waals surface area contributed by atoms with Crippen LogP contribution in [0.4, 0.5) is 5.82 Å². The van der Waals surface area contributed by atoms with Gasteiger partial charge in [-0.05, 0) is 43.0 Å². The summed E-state index contributed by atoms with van der Waals surface area (Å²) in [6.07, 6.45) is 5.01. The van der Waals surface area contributed by atoms with Gasteiger partial charge in [-0.1, -0.05) is 42.5 Å². The number of anilines is 1. The van der Waals surface area contributed by atoms with Crippen molar-refractivity contribution >= 4 is 22.8 Å². The lowest BCUT2D eigenvalue weighted by atomic mass is 9.80. The van der Waals surface area contributed by atoms with Crippen LogP contribution in [0.25, 0.3) is 22.2 Å². The molecule has 7 heteroatoms. The van der Waals surface area contributed by atoms with Crippen LogP contribution in [0.1, 0.15) is 31.4 Å². The van der Waals surface area contributed by atoms with Crippen LogP contribution < -0.4 is 10.5 Å². The van der Waals surface area contributed by atoms with E-state index in [1.165, 1.54) is 6.33 Å². The number of hydrogen-bond donors (Lipinski definition) is 1. The van der Waals surface area contributed by atoms with Crippen molar-refractivity contribution in [2.45, 2.75) is 32.4 Å². The van der Waals surface area contributed by atoms with Crippen molar-refractivity contribution in [1.82, 2.24) is 14.5 Å². The van der Waals surface area contributed by atoms with E-state index >= 15 is 0 Å². The Labute approximate surface area is 192 Å². The fourth-order valence-corrected chi connectivity index (χ4v) is 4.37. The van der Waals surface area contributed by atoms with E-state index < -0.39 is 0 Å². The van der Waals surface area contributed by atoms with E-state index in [2.05, 4.69) is 20.7 Å². The van der Waals surface area contributed by atoms with Gasteiger partial charge in [0.2, 0.25) is 0 Å². The number of carbonyl (C=O) groups is 1. The van der Waals surface area contributed by atoms with Crippen LogP contribution in [0.5, 0.6) is 5.75 Å². The van der Waals surface area contributed by atoms with E-state index in [9.17, 15) is 4.79 Å².